The van der Waals surface area contributed by atoms with E-state index >= 15 is 0 Å². The second-order valence-electron chi connectivity index (χ2n) is 13.9. The maximum atomic E-state index is 6.86. The fourth-order valence-corrected chi connectivity index (χ4v) is 8.06. The van der Waals surface area contributed by atoms with Crippen LogP contribution in [0.15, 0.2) is 186 Å². The minimum atomic E-state index is 0.870. The van der Waals surface area contributed by atoms with Gasteiger partial charge in [-0.05, 0) is 103 Å². The van der Waals surface area contributed by atoms with Crippen molar-refractivity contribution in [2.75, 3.05) is 4.90 Å². The van der Waals surface area contributed by atoms with Crippen LogP contribution >= 0.6 is 0 Å². The van der Waals surface area contributed by atoms with E-state index in [9.17, 15) is 0 Å². The molecule has 0 N–H and O–H groups in total. The third kappa shape index (κ3) is 5.12. The van der Waals surface area contributed by atoms with Crippen molar-refractivity contribution < 1.29 is 4.42 Å². The Morgan fingerprint density at radius 2 is 1.11 bits per heavy atom. The van der Waals surface area contributed by atoms with Gasteiger partial charge in [-0.25, -0.2) is 0 Å². The van der Waals surface area contributed by atoms with Gasteiger partial charge in [-0.15, -0.1) is 0 Å². The molecule has 0 saturated heterocycles. The average Bonchev–Trinajstić information content (AvgIpc) is 3.76. The molecule has 3 heteroatoms. The number of hydrogen-bond donors (Lipinski definition) is 0. The van der Waals surface area contributed by atoms with E-state index in [-0.39, 0.29) is 0 Å². The summed E-state index contributed by atoms with van der Waals surface area (Å²) in [6.07, 6.45) is 0. The summed E-state index contributed by atoms with van der Waals surface area (Å²) in [5.74, 6) is 0. The zero-order valence-corrected chi connectivity index (χ0v) is 29.6. The highest BCUT2D eigenvalue weighted by atomic mass is 16.3. The Morgan fingerprint density at radius 1 is 0.472 bits per heavy atom. The lowest BCUT2D eigenvalue weighted by molar-refractivity contribution is 0.670. The van der Waals surface area contributed by atoms with Gasteiger partial charge in [0.2, 0.25) is 0 Å². The first-order chi connectivity index (χ1) is 26.1. The first-order valence-corrected chi connectivity index (χ1v) is 18.2. The van der Waals surface area contributed by atoms with Gasteiger partial charge in [-0.2, -0.15) is 0 Å². The van der Waals surface area contributed by atoms with E-state index in [1.807, 2.05) is 0 Å². The summed E-state index contributed by atoms with van der Waals surface area (Å²) in [6.45, 7) is 4.35. The Kier molecular flexibility index (Phi) is 7.26. The number of aromatic nitrogens is 1. The first-order valence-electron chi connectivity index (χ1n) is 18.2. The van der Waals surface area contributed by atoms with Crippen LogP contribution < -0.4 is 4.90 Å². The molecule has 10 aromatic rings. The van der Waals surface area contributed by atoms with Gasteiger partial charge in [0.15, 0.2) is 0 Å². The van der Waals surface area contributed by atoms with Gasteiger partial charge in [0.25, 0.3) is 0 Å². The number of hydrogen-bond acceptors (Lipinski definition) is 2. The predicted octanol–water partition coefficient (Wildman–Crippen LogP) is 14.1. The monoisotopic (exact) mass is 680 g/mol. The predicted molar refractivity (Wildman–Crippen MR) is 223 cm³/mol. The lowest BCUT2D eigenvalue weighted by Crippen LogP contribution is -2.12. The van der Waals surface area contributed by atoms with E-state index in [4.69, 9.17) is 4.42 Å². The van der Waals surface area contributed by atoms with E-state index in [1.165, 1.54) is 44.1 Å². The van der Waals surface area contributed by atoms with Crippen molar-refractivity contribution >= 4 is 60.8 Å². The van der Waals surface area contributed by atoms with Crippen molar-refractivity contribution in [2.45, 2.75) is 13.8 Å². The molecule has 0 amide bonds. The van der Waals surface area contributed by atoms with Crippen molar-refractivity contribution in [1.82, 2.24) is 4.57 Å². The summed E-state index contributed by atoms with van der Waals surface area (Å²) >= 11 is 0. The summed E-state index contributed by atoms with van der Waals surface area (Å²) in [5.41, 5.74) is 15.5. The van der Waals surface area contributed by atoms with Crippen molar-refractivity contribution in [2.24, 2.45) is 0 Å². The molecular formula is C50H36N2O. The fourth-order valence-electron chi connectivity index (χ4n) is 8.06. The molecular weight excluding hydrogens is 645 g/mol. The zero-order chi connectivity index (χ0) is 35.5. The van der Waals surface area contributed by atoms with Gasteiger partial charge >= 0.3 is 0 Å². The number of anilines is 3. The second-order valence-corrected chi connectivity index (χ2v) is 13.9. The summed E-state index contributed by atoms with van der Waals surface area (Å²) < 4.78 is 9.24. The molecule has 3 nitrogen and oxygen atoms in total. The molecule has 53 heavy (non-hydrogen) atoms. The van der Waals surface area contributed by atoms with Crippen LogP contribution in [0.2, 0.25) is 0 Å². The average molecular weight is 681 g/mol. The molecule has 0 aliphatic heterocycles. The minimum Gasteiger partial charge on any atom is -0.455 e. The highest BCUT2D eigenvalue weighted by Gasteiger charge is 2.23. The topological polar surface area (TPSA) is 21.3 Å². The Morgan fingerprint density at radius 3 is 1.85 bits per heavy atom. The summed E-state index contributed by atoms with van der Waals surface area (Å²) in [5, 5.41) is 4.68. The molecule has 0 unspecified atom stereocenters. The molecule has 252 valence electrons. The molecule has 0 bridgehead atoms. The van der Waals surface area contributed by atoms with Crippen LogP contribution in [0.5, 0.6) is 0 Å². The maximum absolute atomic E-state index is 6.86. The lowest BCUT2D eigenvalue weighted by Gasteiger charge is -2.28. The van der Waals surface area contributed by atoms with Crippen molar-refractivity contribution in [3.63, 3.8) is 0 Å². The molecule has 10 rings (SSSR count). The Bertz CT molecular complexity index is 2910. The van der Waals surface area contributed by atoms with Crippen molar-refractivity contribution in [3.05, 3.63) is 193 Å². The number of nitrogens with zero attached hydrogens (tertiary/aromatic N) is 2. The normalized spacial score (nSPS) is 11.6. The standard InChI is InChI=1S/C50H36N2O/c1-33-23-26-38(27-24-33)51(44-29-25-36(31-34(44)2)35-13-4-3-5-14-35)47-30-28-40(50-49(47)43-19-8-11-22-48(43)53-50)37-15-12-16-39(32-37)52-45-20-9-6-17-41(45)42-18-7-10-21-46(42)52/h3-32H,1-2H3. The van der Waals surface area contributed by atoms with E-state index in [2.05, 4.69) is 205 Å². The van der Waals surface area contributed by atoms with Crippen LogP contribution in [-0.2, 0) is 0 Å². The maximum Gasteiger partial charge on any atom is 0.145 e. The van der Waals surface area contributed by atoms with Gasteiger partial charge in [0.1, 0.15) is 11.2 Å². The van der Waals surface area contributed by atoms with Crippen LogP contribution in [0.25, 0.3) is 71.7 Å². The smallest absolute Gasteiger partial charge is 0.145 e. The molecule has 0 saturated carbocycles. The van der Waals surface area contributed by atoms with Gasteiger partial charge < -0.3 is 13.9 Å². The van der Waals surface area contributed by atoms with Gasteiger partial charge in [-0.1, -0.05) is 121 Å². The summed E-state index contributed by atoms with van der Waals surface area (Å²) in [4.78, 5) is 2.39. The van der Waals surface area contributed by atoms with E-state index in [0.717, 1.165) is 55.8 Å². The summed E-state index contributed by atoms with van der Waals surface area (Å²) in [6, 6.07) is 65.3. The quantitative estimate of drug-likeness (QED) is 0.174. The second kappa shape index (κ2) is 12.4. The zero-order valence-electron chi connectivity index (χ0n) is 29.6. The molecule has 2 aromatic heterocycles. The van der Waals surface area contributed by atoms with Crippen LogP contribution in [0, 0.1) is 13.8 Å². The number of benzene rings is 8. The van der Waals surface area contributed by atoms with Gasteiger partial charge in [-0.3, -0.25) is 0 Å². The number of para-hydroxylation sites is 3. The minimum absolute atomic E-state index is 0.870. The van der Waals surface area contributed by atoms with Crippen LogP contribution in [0.3, 0.4) is 0 Å². The molecule has 0 fully saturated rings. The van der Waals surface area contributed by atoms with Crippen LogP contribution in [0.1, 0.15) is 11.1 Å². The Hall–Kier alpha value is -6.84. The lowest BCUT2D eigenvalue weighted by atomic mass is 9.98. The largest absolute Gasteiger partial charge is 0.455 e. The van der Waals surface area contributed by atoms with Gasteiger partial charge in [0.05, 0.1) is 22.1 Å². The van der Waals surface area contributed by atoms with E-state index in [0.29, 0.717) is 0 Å². The molecule has 0 aliphatic carbocycles. The highest BCUT2D eigenvalue weighted by molar-refractivity contribution is 6.17. The third-order valence-electron chi connectivity index (χ3n) is 10.6. The molecule has 0 radical (unpaired) electrons. The molecule has 0 aliphatic rings. The Balaban J connectivity index is 1.19. The fraction of sp³-hybridized carbons (Fsp3) is 0.0400. The third-order valence-corrected chi connectivity index (χ3v) is 10.6. The van der Waals surface area contributed by atoms with Crippen LogP contribution in [0.4, 0.5) is 17.1 Å². The SMILES string of the molecule is Cc1ccc(N(c2ccc(-c3ccccc3)cc2C)c2ccc(-c3cccc(-n4c5ccccc5c5ccccc54)c3)c3oc4ccccc4c23)cc1. The number of furan rings is 1. The molecule has 0 spiro atoms. The van der Waals surface area contributed by atoms with Crippen LogP contribution in [-0.4, -0.2) is 4.57 Å². The Labute approximate surface area is 308 Å². The van der Waals surface area contributed by atoms with Gasteiger partial charge in [0, 0.05) is 38.8 Å². The van der Waals surface area contributed by atoms with E-state index < -0.39 is 0 Å². The molecule has 0 atom stereocenters. The highest BCUT2D eigenvalue weighted by Crippen LogP contribution is 2.47. The molecule has 8 aromatic carbocycles. The number of aryl methyl sites for hydroxylation is 2. The number of fused-ring (bicyclic) bond motifs is 6. The van der Waals surface area contributed by atoms with Crippen molar-refractivity contribution in [1.29, 1.82) is 0 Å². The summed E-state index contributed by atoms with van der Waals surface area (Å²) in [7, 11) is 0. The van der Waals surface area contributed by atoms with E-state index in [1.54, 1.807) is 0 Å². The first kappa shape index (κ1) is 30.9. The van der Waals surface area contributed by atoms with Crippen molar-refractivity contribution in [3.8, 4) is 27.9 Å². The number of rotatable bonds is 6. The molecule has 2 heterocycles.